The minimum atomic E-state index is 0. The van der Waals surface area contributed by atoms with E-state index in [0.717, 1.165) is 113 Å². The van der Waals surface area contributed by atoms with E-state index in [0.29, 0.717) is 13.2 Å². The molecule has 0 aliphatic rings. The largest absolute Gasteiger partial charge is 0.582 e. The Labute approximate surface area is 387 Å². The Bertz CT molecular complexity index is 2910. The zero-order valence-corrected chi connectivity index (χ0v) is 38.3. The van der Waals surface area contributed by atoms with Crippen molar-refractivity contribution < 1.29 is 45.9 Å². The molecule has 2 aromatic heterocycles. The van der Waals surface area contributed by atoms with E-state index in [9.17, 15) is 10.2 Å². The molecule has 0 aliphatic heterocycles. The van der Waals surface area contributed by atoms with E-state index in [4.69, 9.17) is 9.47 Å². The Balaban J connectivity index is 0.00000179. The van der Waals surface area contributed by atoms with Crippen LogP contribution in [0.25, 0.3) is 77.2 Å². The third kappa shape index (κ3) is 8.03. The van der Waals surface area contributed by atoms with E-state index in [1.54, 1.807) is 6.92 Å². The number of phenolic OH excluding ortho intramolecular Hbond substituents is 2. The quantitative estimate of drug-likeness (QED) is 0.0771. The predicted octanol–water partition coefficient (Wildman–Crippen LogP) is 14.0. The van der Waals surface area contributed by atoms with Crippen LogP contribution in [0, 0.1) is 20.8 Å². The molecule has 10 rings (SSSR count). The molecule has 4 N–H and O–H groups in total. The standard InChI is InChI=1S/C54H44N2O4.C2H5.Zr/c1-35-31-43(53(57)49(33-35)55-45-23-9-3-17-37(45)38-18-4-10-24-46(38)55)41-21-7-13-27-51(41)59-29-15-16-30-60-52-28-14-8-22-42(52)44-32-36(2)34-50(54(44)58)56-47-25-11-5-19-39(47)40-20-6-12-26-48(40)56;1-2;/h3-14,17-28,31-34,57-58H,15-16,29-30H2,1-2H3;1H2,2H3;/q;-1;/p+2. The number of aromatic hydroxyl groups is 4. The number of phenols is 2. The van der Waals surface area contributed by atoms with Gasteiger partial charge in [0, 0.05) is 83.8 Å². The number of unbranched alkanes of at least 4 members (excludes halogenated alkanes) is 1. The van der Waals surface area contributed by atoms with Gasteiger partial charge >= 0.3 is 0 Å². The van der Waals surface area contributed by atoms with Crippen LogP contribution >= 0.6 is 0 Å². The zero-order valence-electron chi connectivity index (χ0n) is 35.9. The average molecular weight is 907 g/mol. The molecule has 63 heavy (non-hydrogen) atoms. The van der Waals surface area contributed by atoms with Gasteiger partial charge in [0.2, 0.25) is 0 Å². The number of benzene rings is 8. The number of aromatic nitrogens is 2. The van der Waals surface area contributed by atoms with Gasteiger partial charge in [0.25, 0.3) is 11.5 Å². The van der Waals surface area contributed by atoms with Crippen molar-refractivity contribution in [3.63, 3.8) is 0 Å². The first-order valence-corrected chi connectivity index (χ1v) is 21.3. The van der Waals surface area contributed by atoms with Gasteiger partial charge in [-0.3, -0.25) is 0 Å². The maximum absolute atomic E-state index is 12.0. The van der Waals surface area contributed by atoms with Gasteiger partial charge in [-0.1, -0.05) is 97.1 Å². The molecule has 0 saturated carbocycles. The monoisotopic (exact) mass is 905 g/mol. The molecule has 10 aromatic rings. The van der Waals surface area contributed by atoms with Crippen LogP contribution in [-0.2, 0) is 26.2 Å². The average Bonchev–Trinajstić information content (AvgIpc) is 3.83. The molecule has 2 heterocycles. The second kappa shape index (κ2) is 18.8. The first-order valence-electron chi connectivity index (χ1n) is 21.3. The summed E-state index contributed by atoms with van der Waals surface area (Å²) in [7, 11) is 0. The number of para-hydroxylation sites is 6. The Hall–Kier alpha value is -6.56. The molecule has 8 aromatic carbocycles. The van der Waals surface area contributed by atoms with Gasteiger partial charge < -0.3 is 35.7 Å². The van der Waals surface area contributed by atoms with Crippen molar-refractivity contribution in [1.29, 1.82) is 0 Å². The Morgan fingerprint density at radius 2 is 0.714 bits per heavy atom. The molecule has 0 fully saturated rings. The summed E-state index contributed by atoms with van der Waals surface area (Å²) in [5.41, 5.74) is 11.1. The molecule has 0 spiro atoms. The normalized spacial score (nSPS) is 11.1. The van der Waals surface area contributed by atoms with Gasteiger partial charge in [0.05, 0.1) is 44.6 Å². The number of aliphatic hydroxyl groups is 2. The molecule has 0 atom stereocenters. The number of nitrogens with zero attached hydrogens (tertiary/aromatic N) is 2. The van der Waals surface area contributed by atoms with Gasteiger partial charge in [-0.05, 0) is 85.6 Å². The van der Waals surface area contributed by atoms with Crippen LogP contribution in [0.15, 0.2) is 170 Å². The zero-order chi connectivity index (χ0) is 42.7. The first kappa shape index (κ1) is 43.1. The molecule has 7 heteroatoms. The summed E-state index contributed by atoms with van der Waals surface area (Å²) < 4.78 is 14.5. The molecule has 0 unspecified atom stereocenters. The Morgan fingerprint density at radius 1 is 0.413 bits per heavy atom. The fourth-order valence-corrected chi connectivity index (χ4v) is 8.94. The summed E-state index contributed by atoms with van der Waals surface area (Å²) in [4.78, 5) is 0. The fraction of sp³-hybridized carbons (Fsp3) is 0.125. The molecular weight excluding hydrogens is 856 g/mol. The minimum Gasteiger partial charge on any atom is -0.582 e. The maximum atomic E-state index is 12.0. The number of hydrogen-bond donors (Lipinski definition) is 2. The smallest absolute Gasteiger partial charge is 0.262 e. The van der Waals surface area contributed by atoms with E-state index < -0.39 is 0 Å². The SMILES string of the molecule is Cc1cc(-c2ccccc2[OH+]CCCC[OH+]c2ccccc2-c2cc(C)cc(-n3c4ccccc4c4ccccc43)c2O)c(O)c(-n2c3ccccc3c3ccccc32)c1.[CH2-]C.[Zr]. The Morgan fingerprint density at radius 3 is 1.06 bits per heavy atom. The second-order valence-electron chi connectivity index (χ2n) is 15.6. The summed E-state index contributed by atoms with van der Waals surface area (Å²) in [6.45, 7) is 10.4. The van der Waals surface area contributed by atoms with Crippen molar-refractivity contribution in [2.45, 2.75) is 33.6 Å². The summed E-state index contributed by atoms with van der Waals surface area (Å²) in [5.74, 6) is 2.16. The van der Waals surface area contributed by atoms with E-state index in [1.807, 2.05) is 72.8 Å². The van der Waals surface area contributed by atoms with Crippen molar-refractivity contribution in [1.82, 2.24) is 9.13 Å². The van der Waals surface area contributed by atoms with E-state index in [2.05, 4.69) is 127 Å². The summed E-state index contributed by atoms with van der Waals surface area (Å²) in [6, 6.07) is 57.8. The third-order valence-corrected chi connectivity index (χ3v) is 11.6. The van der Waals surface area contributed by atoms with Gasteiger partial charge in [0.15, 0.2) is 13.2 Å². The van der Waals surface area contributed by atoms with Crippen molar-refractivity contribution in [3.8, 4) is 56.6 Å². The first-order chi connectivity index (χ1) is 30.5. The maximum Gasteiger partial charge on any atom is 0.262 e. The predicted molar refractivity (Wildman–Crippen MR) is 259 cm³/mol. The van der Waals surface area contributed by atoms with Crippen LogP contribution in [0.3, 0.4) is 0 Å². The molecule has 6 nitrogen and oxygen atoms in total. The van der Waals surface area contributed by atoms with Crippen molar-refractivity contribution in [2.75, 3.05) is 13.2 Å². The molecule has 0 bridgehead atoms. The van der Waals surface area contributed by atoms with Crippen LogP contribution in [-0.4, -0.2) is 42.0 Å². The van der Waals surface area contributed by atoms with E-state index >= 15 is 0 Å². The third-order valence-electron chi connectivity index (χ3n) is 11.6. The molecule has 0 aliphatic carbocycles. The molecule has 312 valence electrons. The van der Waals surface area contributed by atoms with Gasteiger partial charge in [-0.25, -0.2) is 0 Å². The minimum absolute atomic E-state index is 0. The fourth-order valence-electron chi connectivity index (χ4n) is 8.94. The van der Waals surface area contributed by atoms with E-state index in [1.165, 1.54) is 0 Å². The summed E-state index contributed by atoms with van der Waals surface area (Å²) in [6.07, 6.45) is 1.69. The number of hydrogen-bond acceptors (Lipinski definition) is 2. The number of fused-ring (bicyclic) bond motifs is 6. The van der Waals surface area contributed by atoms with Gasteiger partial charge in [-0.2, -0.15) is 6.92 Å². The van der Waals surface area contributed by atoms with Gasteiger partial charge in [0.1, 0.15) is 11.5 Å². The van der Waals surface area contributed by atoms with E-state index in [-0.39, 0.29) is 37.7 Å². The van der Waals surface area contributed by atoms with Crippen LogP contribution in [0.5, 0.6) is 23.0 Å². The molecule has 0 amide bonds. The van der Waals surface area contributed by atoms with Crippen molar-refractivity contribution in [3.05, 3.63) is 188 Å². The number of rotatable bonds is 11. The van der Waals surface area contributed by atoms with Crippen LogP contribution in [0.1, 0.15) is 30.9 Å². The van der Waals surface area contributed by atoms with Crippen molar-refractivity contribution in [2.24, 2.45) is 0 Å². The number of ether oxygens (including phenoxy) is 2. The Kier molecular flexibility index (Phi) is 12.9. The summed E-state index contributed by atoms with van der Waals surface area (Å²) >= 11 is 0. The van der Waals surface area contributed by atoms with Gasteiger partial charge in [-0.15, -0.1) is 0 Å². The van der Waals surface area contributed by atoms with Crippen LogP contribution in [0.2, 0.25) is 0 Å². The molecule has 0 radical (unpaired) electrons. The van der Waals surface area contributed by atoms with Crippen LogP contribution in [0.4, 0.5) is 0 Å². The molecule has 0 saturated heterocycles. The number of aryl methyl sites for hydroxylation is 2. The topological polar surface area (TPSA) is 75.9 Å². The van der Waals surface area contributed by atoms with Crippen molar-refractivity contribution >= 4 is 43.6 Å². The summed E-state index contributed by atoms with van der Waals surface area (Å²) in [5, 5.41) is 28.7. The second-order valence-corrected chi connectivity index (χ2v) is 15.6. The van der Waals surface area contributed by atoms with Crippen LogP contribution < -0.4 is 0 Å². The molecular formula is C56H51N2O4Zr+.